The van der Waals surface area contributed by atoms with Gasteiger partial charge in [-0.3, -0.25) is 9.89 Å². The minimum Gasteiger partial charge on any atom is -0.376 e. The van der Waals surface area contributed by atoms with Crippen LogP contribution in [-0.2, 0) is 11.3 Å². The third-order valence-electron chi connectivity index (χ3n) is 4.90. The van der Waals surface area contributed by atoms with Crippen LogP contribution in [0.3, 0.4) is 0 Å². The van der Waals surface area contributed by atoms with Crippen LogP contribution in [-0.4, -0.2) is 81.8 Å². The summed E-state index contributed by atoms with van der Waals surface area (Å²) in [5.41, 5.74) is 1.21. The molecule has 0 bridgehead atoms. The van der Waals surface area contributed by atoms with Gasteiger partial charge < -0.3 is 20.3 Å². The predicted molar refractivity (Wildman–Crippen MR) is 129 cm³/mol. The molecule has 160 valence electrons. The Balaban J connectivity index is 0.00000392. The van der Waals surface area contributed by atoms with Crippen LogP contribution in [0, 0.1) is 5.92 Å². The number of halogens is 1. The van der Waals surface area contributed by atoms with E-state index in [9.17, 15) is 0 Å². The number of hydrogen-bond acceptors (Lipinski definition) is 4. The van der Waals surface area contributed by atoms with Gasteiger partial charge in [0.25, 0.3) is 0 Å². The van der Waals surface area contributed by atoms with Gasteiger partial charge in [-0.25, -0.2) is 0 Å². The van der Waals surface area contributed by atoms with E-state index in [-0.39, 0.29) is 24.0 Å². The number of piperazine rings is 1. The molecule has 0 spiro atoms. The fraction of sp³-hybridized carbons (Fsp3) is 0.667. The van der Waals surface area contributed by atoms with E-state index in [1.807, 2.05) is 18.2 Å². The average molecular weight is 503 g/mol. The van der Waals surface area contributed by atoms with E-state index >= 15 is 0 Å². The lowest BCUT2D eigenvalue weighted by molar-refractivity contribution is 0.0944. The Kier molecular flexibility index (Phi) is 12.7. The van der Waals surface area contributed by atoms with Crippen molar-refractivity contribution in [2.45, 2.75) is 26.5 Å². The quantitative estimate of drug-likeness (QED) is 0.308. The summed E-state index contributed by atoms with van der Waals surface area (Å²) in [6, 6.07) is 10.8. The van der Waals surface area contributed by atoms with Gasteiger partial charge in [-0.05, 0) is 32.5 Å². The first-order valence-electron chi connectivity index (χ1n) is 10.1. The second kappa shape index (κ2) is 14.1. The minimum atomic E-state index is 0. The van der Waals surface area contributed by atoms with Gasteiger partial charge in [0.15, 0.2) is 5.96 Å². The molecule has 0 aromatic heterocycles. The third kappa shape index (κ3) is 9.54. The van der Waals surface area contributed by atoms with Crippen molar-refractivity contribution in [3.63, 3.8) is 0 Å². The molecule has 0 aliphatic carbocycles. The van der Waals surface area contributed by atoms with Crippen LogP contribution >= 0.6 is 24.0 Å². The second-order valence-electron chi connectivity index (χ2n) is 7.60. The van der Waals surface area contributed by atoms with Crippen LogP contribution in [0.2, 0.25) is 0 Å². The zero-order valence-corrected chi connectivity index (χ0v) is 20.2. The SMILES string of the molecule is CCNC(=NCC(C)COCc1ccccc1)NCC1CN(C)CCN1C.I. The molecule has 1 aliphatic rings. The Morgan fingerprint density at radius 2 is 1.96 bits per heavy atom. The maximum atomic E-state index is 5.83. The Morgan fingerprint density at radius 1 is 1.21 bits per heavy atom. The highest BCUT2D eigenvalue weighted by Crippen LogP contribution is 2.05. The third-order valence-corrected chi connectivity index (χ3v) is 4.90. The van der Waals surface area contributed by atoms with Gasteiger partial charge in [0.05, 0.1) is 13.2 Å². The molecule has 2 rings (SSSR count). The lowest BCUT2D eigenvalue weighted by Crippen LogP contribution is -2.55. The van der Waals surface area contributed by atoms with E-state index in [1.165, 1.54) is 5.56 Å². The number of ether oxygens (including phenoxy) is 1. The van der Waals surface area contributed by atoms with Crippen molar-refractivity contribution in [2.75, 3.05) is 60.0 Å². The summed E-state index contributed by atoms with van der Waals surface area (Å²) in [7, 11) is 4.39. The highest BCUT2D eigenvalue weighted by atomic mass is 127. The second-order valence-corrected chi connectivity index (χ2v) is 7.60. The maximum absolute atomic E-state index is 5.83. The van der Waals surface area contributed by atoms with Crippen molar-refractivity contribution in [1.29, 1.82) is 0 Å². The van der Waals surface area contributed by atoms with E-state index in [0.717, 1.165) is 45.2 Å². The van der Waals surface area contributed by atoms with Crippen molar-refractivity contribution in [1.82, 2.24) is 20.4 Å². The van der Waals surface area contributed by atoms with E-state index < -0.39 is 0 Å². The van der Waals surface area contributed by atoms with Crippen molar-refractivity contribution in [3.05, 3.63) is 35.9 Å². The Labute approximate surface area is 188 Å². The molecular weight excluding hydrogens is 465 g/mol. The Morgan fingerprint density at radius 3 is 2.68 bits per heavy atom. The predicted octanol–water partition coefficient (Wildman–Crippen LogP) is 2.26. The molecule has 2 N–H and O–H groups in total. The molecule has 1 aromatic carbocycles. The highest BCUT2D eigenvalue weighted by Gasteiger charge is 2.22. The van der Waals surface area contributed by atoms with Crippen LogP contribution in [0.1, 0.15) is 19.4 Å². The number of likely N-dealkylation sites (N-methyl/N-ethyl adjacent to an activating group) is 2. The fourth-order valence-corrected chi connectivity index (χ4v) is 3.13. The van der Waals surface area contributed by atoms with Crippen molar-refractivity contribution >= 4 is 29.9 Å². The summed E-state index contributed by atoms with van der Waals surface area (Å²) in [5.74, 6) is 1.28. The van der Waals surface area contributed by atoms with Crippen molar-refractivity contribution in [2.24, 2.45) is 10.9 Å². The van der Waals surface area contributed by atoms with Gasteiger partial charge in [0.1, 0.15) is 0 Å². The Hall–Kier alpha value is -0.900. The minimum absolute atomic E-state index is 0. The summed E-state index contributed by atoms with van der Waals surface area (Å²) in [4.78, 5) is 9.57. The summed E-state index contributed by atoms with van der Waals surface area (Å²) in [6.07, 6.45) is 0. The molecule has 6 nitrogen and oxygen atoms in total. The lowest BCUT2D eigenvalue weighted by atomic mass is 10.2. The standard InChI is InChI=1S/C21H37N5O.HI/c1-5-22-21(24-14-20-15-25(3)11-12-26(20)4)23-13-18(2)16-27-17-19-9-7-6-8-10-19;/h6-10,18,20H,5,11-17H2,1-4H3,(H2,22,23,24);1H. The molecule has 1 saturated heterocycles. The zero-order valence-electron chi connectivity index (χ0n) is 17.9. The van der Waals surface area contributed by atoms with Crippen LogP contribution in [0.15, 0.2) is 35.3 Å². The molecule has 0 saturated carbocycles. The van der Waals surface area contributed by atoms with E-state index in [4.69, 9.17) is 9.73 Å². The summed E-state index contributed by atoms with van der Waals surface area (Å²) < 4.78 is 5.83. The van der Waals surface area contributed by atoms with Crippen molar-refractivity contribution < 1.29 is 4.74 Å². The number of aliphatic imine (C=N–C) groups is 1. The summed E-state index contributed by atoms with van der Waals surface area (Å²) in [5, 5.41) is 6.86. The average Bonchev–Trinajstić information content (AvgIpc) is 2.67. The molecule has 1 heterocycles. The van der Waals surface area contributed by atoms with Crippen LogP contribution in [0.4, 0.5) is 0 Å². The number of hydrogen-bond donors (Lipinski definition) is 2. The molecule has 0 radical (unpaired) electrons. The van der Waals surface area contributed by atoms with Gasteiger partial charge in [-0.1, -0.05) is 37.3 Å². The summed E-state index contributed by atoms with van der Waals surface area (Å²) in [6.45, 7) is 11.5. The molecule has 1 fully saturated rings. The Bertz CT molecular complexity index is 557. The van der Waals surface area contributed by atoms with Crippen molar-refractivity contribution in [3.8, 4) is 0 Å². The smallest absolute Gasteiger partial charge is 0.191 e. The lowest BCUT2D eigenvalue weighted by Gasteiger charge is -2.37. The van der Waals surface area contributed by atoms with Crippen LogP contribution < -0.4 is 10.6 Å². The van der Waals surface area contributed by atoms with Gasteiger partial charge in [0, 0.05) is 45.3 Å². The molecule has 1 aliphatic heterocycles. The zero-order chi connectivity index (χ0) is 19.5. The number of nitrogens with zero attached hydrogens (tertiary/aromatic N) is 3. The van der Waals surface area contributed by atoms with Crippen LogP contribution in [0.25, 0.3) is 0 Å². The largest absolute Gasteiger partial charge is 0.376 e. The van der Waals surface area contributed by atoms with Gasteiger partial charge in [-0.15, -0.1) is 24.0 Å². The van der Waals surface area contributed by atoms with E-state index in [0.29, 0.717) is 25.2 Å². The highest BCUT2D eigenvalue weighted by molar-refractivity contribution is 14.0. The number of guanidine groups is 1. The van der Waals surface area contributed by atoms with Gasteiger partial charge in [-0.2, -0.15) is 0 Å². The summed E-state index contributed by atoms with van der Waals surface area (Å²) >= 11 is 0. The molecule has 0 amide bonds. The van der Waals surface area contributed by atoms with Crippen LogP contribution in [0.5, 0.6) is 0 Å². The number of rotatable bonds is 9. The molecule has 2 unspecified atom stereocenters. The molecule has 7 heteroatoms. The first kappa shape index (κ1) is 25.1. The molecule has 1 aromatic rings. The normalized spacial score (nSPS) is 19.7. The van der Waals surface area contributed by atoms with E-state index in [1.54, 1.807) is 0 Å². The molecular formula is C21H38IN5O. The topological polar surface area (TPSA) is 52.1 Å². The van der Waals surface area contributed by atoms with Gasteiger partial charge >= 0.3 is 0 Å². The first-order chi connectivity index (χ1) is 13.1. The fourth-order valence-electron chi connectivity index (χ4n) is 3.13. The number of nitrogens with one attached hydrogen (secondary N) is 2. The molecule has 28 heavy (non-hydrogen) atoms. The number of benzene rings is 1. The molecule has 2 atom stereocenters. The first-order valence-corrected chi connectivity index (χ1v) is 10.1. The monoisotopic (exact) mass is 503 g/mol. The van der Waals surface area contributed by atoms with E-state index in [2.05, 4.69) is 60.5 Å². The van der Waals surface area contributed by atoms with Gasteiger partial charge in [0.2, 0.25) is 0 Å². The maximum Gasteiger partial charge on any atom is 0.191 e.